The average Bonchev–Trinajstić information content (AvgIpc) is 2.99. The molecule has 0 spiro atoms. The molecule has 7 nitrogen and oxygen atoms in total. The van der Waals surface area contributed by atoms with E-state index in [-0.39, 0.29) is 25.2 Å². The van der Waals surface area contributed by atoms with Gasteiger partial charge in [-0.15, -0.1) is 0 Å². The van der Waals surface area contributed by atoms with Gasteiger partial charge in [0.1, 0.15) is 6.10 Å². The highest BCUT2D eigenvalue weighted by atomic mass is 16.7. The molecule has 0 unspecified atom stereocenters. The van der Waals surface area contributed by atoms with Crippen molar-refractivity contribution < 1.29 is 29.3 Å². The molecule has 20 heavy (non-hydrogen) atoms. The standard InChI is InChI=1S/C13H23NO6/c1-4-18-12(17)10(16)11-9-8(5-19-11)6-20-14(9)13(2,3)7-15/h8-11,15-16H,4-7H2,1-3H3/t8-,9+,10-,11+/m1/s1. The van der Waals surface area contributed by atoms with Crippen molar-refractivity contribution >= 4 is 5.97 Å². The molecule has 2 N–H and O–H groups in total. The summed E-state index contributed by atoms with van der Waals surface area (Å²) in [4.78, 5) is 17.3. The van der Waals surface area contributed by atoms with Crippen LogP contribution in [0.1, 0.15) is 20.8 Å². The van der Waals surface area contributed by atoms with Crippen molar-refractivity contribution in [2.45, 2.75) is 44.6 Å². The molecule has 4 atom stereocenters. The van der Waals surface area contributed by atoms with Crippen LogP contribution < -0.4 is 0 Å². The van der Waals surface area contributed by atoms with Gasteiger partial charge in [0.15, 0.2) is 6.10 Å². The Labute approximate surface area is 118 Å². The second-order valence-electron chi connectivity index (χ2n) is 5.84. The van der Waals surface area contributed by atoms with E-state index in [4.69, 9.17) is 14.3 Å². The molecule has 2 aliphatic heterocycles. The van der Waals surface area contributed by atoms with E-state index in [0.29, 0.717) is 13.2 Å². The fraction of sp³-hybridized carbons (Fsp3) is 0.923. The Morgan fingerprint density at radius 1 is 1.50 bits per heavy atom. The first-order valence-corrected chi connectivity index (χ1v) is 6.91. The highest BCUT2D eigenvalue weighted by Gasteiger charge is 2.54. The molecule has 0 amide bonds. The Morgan fingerprint density at radius 3 is 2.80 bits per heavy atom. The van der Waals surface area contributed by atoms with Crippen molar-refractivity contribution in [2.75, 3.05) is 26.4 Å². The predicted octanol–water partition coefficient (Wildman–Crippen LogP) is -0.688. The van der Waals surface area contributed by atoms with Crippen molar-refractivity contribution in [1.82, 2.24) is 5.06 Å². The summed E-state index contributed by atoms with van der Waals surface area (Å²) in [5.41, 5.74) is -0.611. The normalized spacial score (nSPS) is 32.1. The fourth-order valence-corrected chi connectivity index (χ4v) is 2.72. The van der Waals surface area contributed by atoms with Gasteiger partial charge in [0.25, 0.3) is 0 Å². The monoisotopic (exact) mass is 289 g/mol. The minimum atomic E-state index is -1.34. The van der Waals surface area contributed by atoms with E-state index in [2.05, 4.69) is 0 Å². The SMILES string of the molecule is CCOC(=O)[C@H](O)[C@H]1OC[C@@H]2CON(C(C)(C)CO)[C@@H]21. The molecule has 0 radical (unpaired) electrons. The van der Waals surface area contributed by atoms with E-state index in [0.717, 1.165) is 0 Å². The third-order valence-corrected chi connectivity index (χ3v) is 3.84. The van der Waals surface area contributed by atoms with Crippen LogP contribution in [0.3, 0.4) is 0 Å². The summed E-state index contributed by atoms with van der Waals surface area (Å²) in [7, 11) is 0. The maximum Gasteiger partial charge on any atom is 0.337 e. The molecule has 7 heteroatoms. The number of fused-ring (bicyclic) bond motifs is 1. The van der Waals surface area contributed by atoms with Crippen LogP contribution in [-0.4, -0.2) is 71.5 Å². The maximum absolute atomic E-state index is 11.7. The number of hydrogen-bond acceptors (Lipinski definition) is 7. The molecule has 0 bridgehead atoms. The topological polar surface area (TPSA) is 88.5 Å². The third-order valence-electron chi connectivity index (χ3n) is 3.84. The van der Waals surface area contributed by atoms with Gasteiger partial charge >= 0.3 is 5.97 Å². The Kier molecular flexibility index (Phi) is 4.66. The molecule has 0 aromatic carbocycles. The van der Waals surface area contributed by atoms with Gasteiger partial charge in [-0.2, -0.15) is 5.06 Å². The molecule has 116 valence electrons. The molecule has 2 rings (SSSR count). The van der Waals surface area contributed by atoms with E-state index < -0.39 is 23.7 Å². The molecule has 2 heterocycles. The van der Waals surface area contributed by atoms with E-state index in [1.54, 1.807) is 12.0 Å². The quantitative estimate of drug-likeness (QED) is 0.648. The van der Waals surface area contributed by atoms with Crippen molar-refractivity contribution in [1.29, 1.82) is 0 Å². The first-order valence-electron chi connectivity index (χ1n) is 6.91. The first-order chi connectivity index (χ1) is 9.42. The van der Waals surface area contributed by atoms with Crippen molar-refractivity contribution in [2.24, 2.45) is 5.92 Å². The molecule has 0 aliphatic carbocycles. The molecule has 2 fully saturated rings. The van der Waals surface area contributed by atoms with Gasteiger partial charge in [-0.25, -0.2) is 4.79 Å². The number of ether oxygens (including phenoxy) is 2. The summed E-state index contributed by atoms with van der Waals surface area (Å²) in [5, 5.41) is 21.2. The Morgan fingerprint density at radius 2 is 2.20 bits per heavy atom. The summed E-state index contributed by atoms with van der Waals surface area (Å²) in [5.74, 6) is -0.610. The van der Waals surface area contributed by atoms with Crippen LogP contribution in [-0.2, 0) is 19.1 Å². The largest absolute Gasteiger partial charge is 0.464 e. The van der Waals surface area contributed by atoms with Crippen molar-refractivity contribution in [3.8, 4) is 0 Å². The van der Waals surface area contributed by atoms with Crippen LogP contribution >= 0.6 is 0 Å². The van der Waals surface area contributed by atoms with Crippen LogP contribution in [0, 0.1) is 5.92 Å². The summed E-state index contributed by atoms with van der Waals surface area (Å²) >= 11 is 0. The minimum Gasteiger partial charge on any atom is -0.464 e. The van der Waals surface area contributed by atoms with Gasteiger partial charge in [-0.05, 0) is 20.8 Å². The Bertz CT molecular complexity index is 361. The molecule has 0 aromatic heterocycles. The fourth-order valence-electron chi connectivity index (χ4n) is 2.72. The lowest BCUT2D eigenvalue weighted by atomic mass is 9.93. The van der Waals surface area contributed by atoms with Crippen LogP contribution in [0.2, 0.25) is 0 Å². The minimum absolute atomic E-state index is 0.0786. The van der Waals surface area contributed by atoms with Crippen LogP contribution in [0.25, 0.3) is 0 Å². The second kappa shape index (κ2) is 5.95. The zero-order chi connectivity index (χ0) is 14.9. The molecule has 0 aromatic rings. The van der Waals surface area contributed by atoms with Gasteiger partial charge in [-0.3, -0.25) is 4.84 Å². The molecule has 2 saturated heterocycles. The van der Waals surface area contributed by atoms with E-state index in [1.165, 1.54) is 0 Å². The zero-order valence-corrected chi connectivity index (χ0v) is 12.1. The van der Waals surface area contributed by atoms with Crippen molar-refractivity contribution in [3.63, 3.8) is 0 Å². The number of hydrogen-bond donors (Lipinski definition) is 2. The average molecular weight is 289 g/mol. The van der Waals surface area contributed by atoms with Gasteiger partial charge < -0.3 is 19.7 Å². The van der Waals surface area contributed by atoms with E-state index in [1.807, 2.05) is 13.8 Å². The lowest BCUT2D eigenvalue weighted by Gasteiger charge is -2.38. The number of carbonyl (C=O) groups excluding carboxylic acids is 1. The molecular formula is C13H23NO6. The smallest absolute Gasteiger partial charge is 0.337 e. The van der Waals surface area contributed by atoms with Crippen LogP contribution in [0.4, 0.5) is 0 Å². The highest BCUT2D eigenvalue weighted by Crippen LogP contribution is 2.37. The summed E-state index contributed by atoms with van der Waals surface area (Å²) in [6.45, 7) is 6.34. The predicted molar refractivity (Wildman–Crippen MR) is 68.6 cm³/mol. The van der Waals surface area contributed by atoms with Crippen LogP contribution in [0.5, 0.6) is 0 Å². The molecule has 2 aliphatic rings. The summed E-state index contributed by atoms with van der Waals surface area (Å²) < 4.78 is 10.4. The number of esters is 1. The Hall–Kier alpha value is -0.730. The number of hydroxylamine groups is 2. The number of nitrogens with zero attached hydrogens (tertiary/aromatic N) is 1. The van der Waals surface area contributed by atoms with Gasteiger partial charge in [0.2, 0.25) is 0 Å². The summed E-state index contributed by atoms with van der Waals surface area (Å²) in [6, 6.07) is -0.267. The van der Waals surface area contributed by atoms with Crippen LogP contribution in [0.15, 0.2) is 0 Å². The Balaban J connectivity index is 2.13. The first kappa shape index (κ1) is 15.7. The number of carbonyl (C=O) groups is 1. The molecular weight excluding hydrogens is 266 g/mol. The summed E-state index contributed by atoms with van der Waals surface area (Å²) in [6.07, 6.45) is -2.05. The highest BCUT2D eigenvalue weighted by molar-refractivity contribution is 5.75. The number of aliphatic hydroxyl groups excluding tert-OH is 2. The zero-order valence-electron chi connectivity index (χ0n) is 12.1. The van der Waals surface area contributed by atoms with Gasteiger partial charge in [0, 0.05) is 5.92 Å². The molecule has 0 saturated carbocycles. The van der Waals surface area contributed by atoms with Gasteiger partial charge in [-0.1, -0.05) is 0 Å². The maximum atomic E-state index is 11.7. The number of aliphatic hydroxyl groups is 2. The lowest BCUT2D eigenvalue weighted by molar-refractivity contribution is -0.225. The van der Waals surface area contributed by atoms with Crippen molar-refractivity contribution in [3.05, 3.63) is 0 Å². The second-order valence-corrected chi connectivity index (χ2v) is 5.84. The van der Waals surface area contributed by atoms with Gasteiger partial charge in [0.05, 0.1) is 38.0 Å². The lowest BCUT2D eigenvalue weighted by Crippen LogP contribution is -2.55. The number of rotatable bonds is 5. The van der Waals surface area contributed by atoms with E-state index >= 15 is 0 Å². The van der Waals surface area contributed by atoms with E-state index in [9.17, 15) is 15.0 Å². The third kappa shape index (κ3) is 2.68.